The van der Waals surface area contributed by atoms with Crippen LogP contribution >= 0.6 is 11.8 Å². The van der Waals surface area contributed by atoms with Crippen LogP contribution in [-0.4, -0.2) is 34.8 Å². The normalized spacial score (nSPS) is 14.4. The highest BCUT2D eigenvalue weighted by atomic mass is 32.2. The Balaban J connectivity index is 2.15. The van der Waals surface area contributed by atoms with E-state index in [4.69, 9.17) is 0 Å². The van der Waals surface area contributed by atoms with Crippen molar-refractivity contribution in [2.45, 2.75) is 6.92 Å². The number of rotatable bonds is 4. The number of hydrogen-bond acceptors (Lipinski definition) is 3. The molecule has 0 bridgehead atoms. The van der Waals surface area contributed by atoms with Crippen molar-refractivity contribution in [3.8, 4) is 0 Å². The summed E-state index contributed by atoms with van der Waals surface area (Å²) in [4.78, 5) is 25.1. The lowest BCUT2D eigenvalue weighted by molar-refractivity contribution is 0.0664. The lowest BCUT2D eigenvalue weighted by Gasteiger charge is -2.12. The van der Waals surface area contributed by atoms with Crippen LogP contribution in [0.4, 0.5) is 0 Å². The molecule has 3 nitrogen and oxygen atoms in total. The highest BCUT2D eigenvalue weighted by Gasteiger charge is 2.34. The minimum Gasteiger partial charge on any atom is -0.274 e. The first-order chi connectivity index (χ1) is 7.75. The van der Waals surface area contributed by atoms with E-state index in [1.54, 1.807) is 36.0 Å². The molecule has 1 aliphatic heterocycles. The van der Waals surface area contributed by atoms with E-state index >= 15 is 0 Å². The second-order valence-corrected chi connectivity index (χ2v) is 4.90. The summed E-state index contributed by atoms with van der Waals surface area (Å²) < 4.78 is 0. The first-order valence-electron chi connectivity index (χ1n) is 5.28. The van der Waals surface area contributed by atoms with Gasteiger partial charge in [0.05, 0.1) is 11.1 Å². The minimum atomic E-state index is -0.155. The number of nitrogens with zero attached hydrogens (tertiary/aromatic N) is 1. The van der Waals surface area contributed by atoms with Gasteiger partial charge in [0.1, 0.15) is 0 Å². The first-order valence-corrected chi connectivity index (χ1v) is 6.44. The Morgan fingerprint density at radius 3 is 2.19 bits per heavy atom. The van der Waals surface area contributed by atoms with Crippen molar-refractivity contribution >= 4 is 23.6 Å². The number of fused-ring (bicyclic) bond motifs is 1. The topological polar surface area (TPSA) is 37.4 Å². The Morgan fingerprint density at radius 1 is 1.12 bits per heavy atom. The van der Waals surface area contributed by atoms with E-state index in [-0.39, 0.29) is 11.8 Å². The third-order valence-electron chi connectivity index (χ3n) is 2.54. The molecular formula is C12H13NO2S. The molecule has 0 atom stereocenters. The fourth-order valence-electron chi connectivity index (χ4n) is 1.74. The summed E-state index contributed by atoms with van der Waals surface area (Å²) in [5.41, 5.74) is 1.07. The summed E-state index contributed by atoms with van der Waals surface area (Å²) >= 11 is 1.73. The van der Waals surface area contributed by atoms with Gasteiger partial charge in [0, 0.05) is 12.3 Å². The number of imide groups is 1. The Labute approximate surface area is 98.8 Å². The summed E-state index contributed by atoms with van der Waals surface area (Å²) in [5, 5.41) is 0. The molecule has 1 aromatic carbocycles. The maximum atomic E-state index is 11.9. The molecule has 4 heteroatoms. The highest BCUT2D eigenvalue weighted by molar-refractivity contribution is 7.99. The van der Waals surface area contributed by atoms with Gasteiger partial charge in [-0.2, -0.15) is 11.8 Å². The van der Waals surface area contributed by atoms with Crippen LogP contribution in [0, 0.1) is 0 Å². The lowest BCUT2D eigenvalue weighted by Crippen LogP contribution is -2.31. The van der Waals surface area contributed by atoms with Crippen molar-refractivity contribution in [2.75, 3.05) is 18.1 Å². The second kappa shape index (κ2) is 4.70. The predicted molar refractivity (Wildman–Crippen MR) is 64.8 cm³/mol. The van der Waals surface area contributed by atoms with Gasteiger partial charge in [-0.05, 0) is 17.9 Å². The van der Waals surface area contributed by atoms with Crippen molar-refractivity contribution in [2.24, 2.45) is 0 Å². The van der Waals surface area contributed by atoms with E-state index in [9.17, 15) is 9.59 Å². The van der Waals surface area contributed by atoms with Gasteiger partial charge in [0.25, 0.3) is 11.8 Å². The number of amides is 2. The predicted octanol–water partition coefficient (Wildman–Crippen LogP) is 2.04. The molecule has 0 aromatic heterocycles. The van der Waals surface area contributed by atoms with Gasteiger partial charge in [-0.3, -0.25) is 14.5 Å². The Hall–Kier alpha value is -1.29. The number of carbonyl (C=O) groups excluding carboxylic acids is 2. The van der Waals surface area contributed by atoms with E-state index in [2.05, 4.69) is 6.92 Å². The number of hydrogen-bond donors (Lipinski definition) is 0. The zero-order valence-corrected chi connectivity index (χ0v) is 9.92. The molecule has 0 aliphatic carbocycles. The Morgan fingerprint density at radius 2 is 1.69 bits per heavy atom. The van der Waals surface area contributed by atoms with E-state index in [1.165, 1.54) is 4.90 Å². The van der Waals surface area contributed by atoms with Crippen LogP contribution < -0.4 is 0 Å². The molecule has 1 heterocycles. The van der Waals surface area contributed by atoms with Crippen molar-refractivity contribution in [3.05, 3.63) is 35.4 Å². The quantitative estimate of drug-likeness (QED) is 0.592. The van der Waals surface area contributed by atoms with Gasteiger partial charge in [0.15, 0.2) is 0 Å². The molecular weight excluding hydrogens is 222 g/mol. The average Bonchev–Trinajstić information content (AvgIpc) is 2.55. The molecule has 0 saturated carbocycles. The van der Waals surface area contributed by atoms with Crippen molar-refractivity contribution in [1.29, 1.82) is 0 Å². The summed E-state index contributed by atoms with van der Waals surface area (Å²) in [6, 6.07) is 6.99. The minimum absolute atomic E-state index is 0.155. The SMILES string of the molecule is CCSCCN1C(=O)c2ccccc2C1=O. The fourth-order valence-corrected chi connectivity index (χ4v) is 2.34. The van der Waals surface area contributed by atoms with Gasteiger partial charge in [-0.1, -0.05) is 19.1 Å². The van der Waals surface area contributed by atoms with E-state index in [1.807, 2.05) is 0 Å². The molecule has 2 amide bonds. The van der Waals surface area contributed by atoms with Crippen LogP contribution in [-0.2, 0) is 0 Å². The largest absolute Gasteiger partial charge is 0.274 e. The number of thioether (sulfide) groups is 1. The van der Waals surface area contributed by atoms with Crippen molar-refractivity contribution in [3.63, 3.8) is 0 Å². The van der Waals surface area contributed by atoms with Crippen LogP contribution in [0.5, 0.6) is 0 Å². The third kappa shape index (κ3) is 1.85. The molecule has 2 rings (SSSR count). The summed E-state index contributed by atoms with van der Waals surface area (Å²) in [6.07, 6.45) is 0. The molecule has 0 N–H and O–H groups in total. The monoisotopic (exact) mass is 235 g/mol. The smallest absolute Gasteiger partial charge is 0.261 e. The zero-order chi connectivity index (χ0) is 11.5. The molecule has 1 aliphatic rings. The molecule has 0 fully saturated rings. The van der Waals surface area contributed by atoms with Crippen LogP contribution in [0.15, 0.2) is 24.3 Å². The van der Waals surface area contributed by atoms with E-state index < -0.39 is 0 Å². The standard InChI is InChI=1S/C12H13NO2S/c1-2-16-8-7-13-11(14)9-5-3-4-6-10(9)12(13)15/h3-6H,2,7-8H2,1H3. The van der Waals surface area contributed by atoms with Crippen LogP contribution in [0.1, 0.15) is 27.6 Å². The molecule has 16 heavy (non-hydrogen) atoms. The Kier molecular flexibility index (Phi) is 3.29. The van der Waals surface area contributed by atoms with Gasteiger partial charge in [-0.25, -0.2) is 0 Å². The number of carbonyl (C=O) groups is 2. The second-order valence-electron chi connectivity index (χ2n) is 3.50. The van der Waals surface area contributed by atoms with Crippen LogP contribution in [0.25, 0.3) is 0 Å². The van der Waals surface area contributed by atoms with Gasteiger partial charge >= 0.3 is 0 Å². The molecule has 0 radical (unpaired) electrons. The average molecular weight is 235 g/mol. The van der Waals surface area contributed by atoms with Gasteiger partial charge in [0.2, 0.25) is 0 Å². The van der Waals surface area contributed by atoms with E-state index in [0.717, 1.165) is 11.5 Å². The number of benzene rings is 1. The maximum Gasteiger partial charge on any atom is 0.261 e. The van der Waals surface area contributed by atoms with Crippen molar-refractivity contribution in [1.82, 2.24) is 4.90 Å². The highest BCUT2D eigenvalue weighted by Crippen LogP contribution is 2.22. The molecule has 0 spiro atoms. The zero-order valence-electron chi connectivity index (χ0n) is 9.10. The summed E-state index contributed by atoms with van der Waals surface area (Å²) in [5.74, 6) is 1.50. The first kappa shape index (κ1) is 11.2. The molecule has 1 aromatic rings. The van der Waals surface area contributed by atoms with Gasteiger partial charge in [-0.15, -0.1) is 0 Å². The molecule has 84 valence electrons. The summed E-state index contributed by atoms with van der Waals surface area (Å²) in [7, 11) is 0. The maximum absolute atomic E-state index is 11.9. The lowest BCUT2D eigenvalue weighted by atomic mass is 10.1. The van der Waals surface area contributed by atoms with Crippen LogP contribution in [0.3, 0.4) is 0 Å². The van der Waals surface area contributed by atoms with Crippen LogP contribution in [0.2, 0.25) is 0 Å². The molecule has 0 unspecified atom stereocenters. The molecule has 0 saturated heterocycles. The fraction of sp³-hybridized carbons (Fsp3) is 0.333. The third-order valence-corrected chi connectivity index (χ3v) is 3.42. The van der Waals surface area contributed by atoms with E-state index in [0.29, 0.717) is 17.7 Å². The van der Waals surface area contributed by atoms with Gasteiger partial charge < -0.3 is 0 Å². The van der Waals surface area contributed by atoms with Crippen molar-refractivity contribution < 1.29 is 9.59 Å². The Bertz CT molecular complexity index is 396. The summed E-state index contributed by atoms with van der Waals surface area (Å²) in [6.45, 7) is 2.57.